The molecule has 1 aliphatic carbocycles. The van der Waals surface area contributed by atoms with E-state index in [4.69, 9.17) is 16.3 Å². The van der Waals surface area contributed by atoms with Crippen molar-refractivity contribution in [2.45, 2.75) is 25.5 Å². The third-order valence-corrected chi connectivity index (χ3v) is 4.80. The molecule has 3 rings (SSSR count). The molecule has 0 heterocycles. The summed E-state index contributed by atoms with van der Waals surface area (Å²) in [5, 5.41) is 4.07. The van der Waals surface area contributed by atoms with Crippen molar-refractivity contribution in [3.8, 4) is 5.75 Å². The Morgan fingerprint density at radius 1 is 1.29 bits per heavy atom. The lowest BCUT2D eigenvalue weighted by Crippen LogP contribution is -2.12. The minimum absolute atomic E-state index is 0.481. The van der Waals surface area contributed by atoms with Crippen LogP contribution in [-0.4, -0.2) is 7.05 Å². The SMILES string of the molecule is CNC1CCc2cc(OCc3ccc(Br)cc3Cl)ccc21. The van der Waals surface area contributed by atoms with Crippen molar-refractivity contribution in [3.05, 3.63) is 62.6 Å². The van der Waals surface area contributed by atoms with Gasteiger partial charge >= 0.3 is 0 Å². The molecule has 1 N–H and O–H groups in total. The van der Waals surface area contributed by atoms with E-state index in [1.54, 1.807) is 0 Å². The molecule has 21 heavy (non-hydrogen) atoms. The van der Waals surface area contributed by atoms with Crippen molar-refractivity contribution in [1.82, 2.24) is 5.32 Å². The first-order valence-corrected chi connectivity index (χ1v) is 8.21. The van der Waals surface area contributed by atoms with Gasteiger partial charge < -0.3 is 10.1 Å². The molecule has 0 spiro atoms. The van der Waals surface area contributed by atoms with E-state index in [-0.39, 0.29) is 0 Å². The van der Waals surface area contributed by atoms with Crippen LogP contribution in [0.5, 0.6) is 5.75 Å². The molecule has 0 saturated carbocycles. The Balaban J connectivity index is 1.72. The Kier molecular flexibility index (Phi) is 4.53. The van der Waals surface area contributed by atoms with Crippen LogP contribution in [0, 0.1) is 0 Å². The minimum atomic E-state index is 0.481. The fourth-order valence-electron chi connectivity index (χ4n) is 2.78. The monoisotopic (exact) mass is 365 g/mol. The molecule has 0 amide bonds. The van der Waals surface area contributed by atoms with Gasteiger partial charge in [0.1, 0.15) is 12.4 Å². The molecule has 2 aromatic carbocycles. The maximum atomic E-state index is 6.21. The van der Waals surface area contributed by atoms with Gasteiger partial charge in [0, 0.05) is 21.1 Å². The first-order valence-electron chi connectivity index (χ1n) is 7.04. The number of halogens is 2. The Morgan fingerprint density at radius 2 is 2.14 bits per heavy atom. The van der Waals surface area contributed by atoms with E-state index in [1.807, 2.05) is 31.3 Å². The first-order chi connectivity index (χ1) is 10.2. The normalized spacial score (nSPS) is 16.8. The van der Waals surface area contributed by atoms with Crippen molar-refractivity contribution in [1.29, 1.82) is 0 Å². The standard InChI is InChI=1S/C17H17BrClNO/c1-20-17-7-3-11-8-14(5-6-15(11)17)21-10-12-2-4-13(18)9-16(12)19/h2,4-6,8-9,17,20H,3,7,10H2,1H3. The van der Waals surface area contributed by atoms with Crippen molar-refractivity contribution < 1.29 is 4.74 Å². The molecule has 1 unspecified atom stereocenters. The summed E-state index contributed by atoms with van der Waals surface area (Å²) >= 11 is 9.62. The summed E-state index contributed by atoms with van der Waals surface area (Å²) in [5.41, 5.74) is 3.77. The molecule has 4 heteroatoms. The van der Waals surface area contributed by atoms with Crippen LogP contribution in [0.25, 0.3) is 0 Å². The van der Waals surface area contributed by atoms with E-state index in [1.165, 1.54) is 11.1 Å². The van der Waals surface area contributed by atoms with Crippen molar-refractivity contribution in [2.75, 3.05) is 7.05 Å². The Labute approximate surface area is 138 Å². The number of rotatable bonds is 4. The van der Waals surface area contributed by atoms with Gasteiger partial charge in [0.25, 0.3) is 0 Å². The first kappa shape index (κ1) is 14.9. The molecule has 2 nitrogen and oxygen atoms in total. The number of aryl methyl sites for hydroxylation is 1. The van der Waals surface area contributed by atoms with Crippen LogP contribution in [0.15, 0.2) is 40.9 Å². The maximum Gasteiger partial charge on any atom is 0.120 e. The second kappa shape index (κ2) is 6.39. The van der Waals surface area contributed by atoms with Gasteiger partial charge in [-0.2, -0.15) is 0 Å². The van der Waals surface area contributed by atoms with E-state index in [2.05, 4.69) is 33.4 Å². The largest absolute Gasteiger partial charge is 0.489 e. The quantitative estimate of drug-likeness (QED) is 0.832. The fourth-order valence-corrected chi connectivity index (χ4v) is 3.51. The van der Waals surface area contributed by atoms with Crippen LogP contribution >= 0.6 is 27.5 Å². The predicted octanol–water partition coefficient (Wildman–Crippen LogP) is 4.89. The van der Waals surface area contributed by atoms with Crippen LogP contribution in [0.2, 0.25) is 5.02 Å². The Bertz CT molecular complexity index is 659. The smallest absolute Gasteiger partial charge is 0.120 e. The van der Waals surface area contributed by atoms with Crippen LogP contribution in [0.1, 0.15) is 29.2 Å². The lowest BCUT2D eigenvalue weighted by atomic mass is 10.1. The molecular weight excluding hydrogens is 350 g/mol. The zero-order valence-electron chi connectivity index (χ0n) is 11.8. The summed E-state index contributed by atoms with van der Waals surface area (Å²) < 4.78 is 6.87. The number of benzene rings is 2. The predicted molar refractivity (Wildman–Crippen MR) is 90.0 cm³/mol. The second-order valence-electron chi connectivity index (χ2n) is 5.26. The minimum Gasteiger partial charge on any atom is -0.489 e. The van der Waals surface area contributed by atoms with Crippen molar-refractivity contribution in [3.63, 3.8) is 0 Å². The summed E-state index contributed by atoms with van der Waals surface area (Å²) in [6.45, 7) is 0.486. The van der Waals surface area contributed by atoms with Gasteiger partial charge in [-0.1, -0.05) is 39.7 Å². The fraction of sp³-hybridized carbons (Fsp3) is 0.294. The number of hydrogen-bond donors (Lipinski definition) is 1. The van der Waals surface area contributed by atoms with Gasteiger partial charge in [0.15, 0.2) is 0 Å². The van der Waals surface area contributed by atoms with Gasteiger partial charge in [-0.15, -0.1) is 0 Å². The molecule has 0 fully saturated rings. The zero-order chi connectivity index (χ0) is 14.8. The summed E-state index contributed by atoms with van der Waals surface area (Å²) in [5.74, 6) is 0.907. The van der Waals surface area contributed by atoms with Crippen LogP contribution in [-0.2, 0) is 13.0 Å². The highest BCUT2D eigenvalue weighted by Crippen LogP contribution is 2.33. The zero-order valence-corrected chi connectivity index (χ0v) is 14.2. The molecule has 110 valence electrons. The molecule has 0 aromatic heterocycles. The molecule has 1 aliphatic rings. The highest BCUT2D eigenvalue weighted by atomic mass is 79.9. The molecule has 0 radical (unpaired) electrons. The van der Waals surface area contributed by atoms with E-state index < -0.39 is 0 Å². The second-order valence-corrected chi connectivity index (χ2v) is 6.59. The van der Waals surface area contributed by atoms with Crippen molar-refractivity contribution >= 4 is 27.5 Å². The van der Waals surface area contributed by atoms with E-state index in [0.29, 0.717) is 12.6 Å². The number of fused-ring (bicyclic) bond motifs is 1. The van der Waals surface area contributed by atoms with Gasteiger partial charge in [-0.05, 0) is 55.3 Å². The highest BCUT2D eigenvalue weighted by Gasteiger charge is 2.21. The highest BCUT2D eigenvalue weighted by molar-refractivity contribution is 9.10. The van der Waals surface area contributed by atoms with Crippen LogP contribution in [0.4, 0.5) is 0 Å². The summed E-state index contributed by atoms with van der Waals surface area (Å²) in [4.78, 5) is 0. The molecule has 2 aromatic rings. The van der Waals surface area contributed by atoms with E-state index in [0.717, 1.165) is 33.6 Å². The molecular formula is C17H17BrClNO. The third kappa shape index (κ3) is 3.25. The molecule has 0 bridgehead atoms. The topological polar surface area (TPSA) is 21.3 Å². The lowest BCUT2D eigenvalue weighted by molar-refractivity contribution is 0.306. The lowest BCUT2D eigenvalue weighted by Gasteiger charge is -2.12. The van der Waals surface area contributed by atoms with Gasteiger partial charge in [-0.25, -0.2) is 0 Å². The third-order valence-electron chi connectivity index (χ3n) is 3.95. The molecule has 0 saturated heterocycles. The molecule has 0 aliphatic heterocycles. The number of hydrogen-bond acceptors (Lipinski definition) is 2. The van der Waals surface area contributed by atoms with Crippen molar-refractivity contribution in [2.24, 2.45) is 0 Å². The van der Waals surface area contributed by atoms with Crippen LogP contribution in [0.3, 0.4) is 0 Å². The maximum absolute atomic E-state index is 6.21. The summed E-state index contributed by atoms with van der Waals surface area (Å²) in [6, 6.07) is 12.7. The van der Waals surface area contributed by atoms with Gasteiger partial charge in [0.2, 0.25) is 0 Å². The van der Waals surface area contributed by atoms with Crippen LogP contribution < -0.4 is 10.1 Å². The molecule has 1 atom stereocenters. The van der Waals surface area contributed by atoms with E-state index in [9.17, 15) is 0 Å². The number of ether oxygens (including phenoxy) is 1. The average molecular weight is 367 g/mol. The Morgan fingerprint density at radius 3 is 2.90 bits per heavy atom. The Hall–Kier alpha value is -1.03. The summed E-state index contributed by atoms with van der Waals surface area (Å²) in [6.07, 6.45) is 2.27. The number of nitrogens with one attached hydrogen (secondary N) is 1. The van der Waals surface area contributed by atoms with Gasteiger partial charge in [0.05, 0.1) is 0 Å². The van der Waals surface area contributed by atoms with Gasteiger partial charge in [-0.3, -0.25) is 0 Å². The average Bonchev–Trinajstić information content (AvgIpc) is 2.88. The summed E-state index contributed by atoms with van der Waals surface area (Å²) in [7, 11) is 2.01. The van der Waals surface area contributed by atoms with E-state index >= 15 is 0 Å².